The van der Waals surface area contributed by atoms with Gasteiger partial charge in [-0.05, 0) is 60.0 Å². The van der Waals surface area contributed by atoms with E-state index in [2.05, 4.69) is 17.1 Å². The number of halogens is 2. The van der Waals surface area contributed by atoms with Gasteiger partial charge in [-0.2, -0.15) is 0 Å². The van der Waals surface area contributed by atoms with E-state index in [0.29, 0.717) is 33.0 Å². The molecule has 1 atom stereocenters. The predicted molar refractivity (Wildman–Crippen MR) is 159 cm³/mol. The molecule has 1 amide bonds. The molecule has 4 aromatic rings. The molecule has 1 aliphatic rings. The van der Waals surface area contributed by atoms with E-state index in [4.69, 9.17) is 16.3 Å². The number of ketones is 1. The topological polar surface area (TPSA) is 92.6 Å². The second kappa shape index (κ2) is 12.8. The molecule has 0 saturated carbocycles. The van der Waals surface area contributed by atoms with E-state index in [9.17, 15) is 19.1 Å². The lowest BCUT2D eigenvalue weighted by Gasteiger charge is -2.23. The maximum absolute atomic E-state index is 13.6. The summed E-state index contributed by atoms with van der Waals surface area (Å²) >= 11 is 8.85. The zero-order chi connectivity index (χ0) is 28.9. The van der Waals surface area contributed by atoms with Crippen LogP contribution in [0.3, 0.4) is 0 Å². The third kappa shape index (κ3) is 6.29. The first-order chi connectivity index (χ1) is 19.9. The number of benzene rings is 3. The smallest absolute Gasteiger partial charge is 0.301 e. The molecule has 11 heteroatoms. The van der Waals surface area contributed by atoms with E-state index < -0.39 is 29.3 Å². The van der Waals surface area contributed by atoms with Crippen LogP contribution in [0.25, 0.3) is 5.76 Å². The third-order valence-corrected chi connectivity index (χ3v) is 8.89. The molecule has 1 N–H and O–H groups in total. The molecule has 210 valence electrons. The quantitative estimate of drug-likeness (QED) is 0.0499. The lowest BCUT2D eigenvalue weighted by molar-refractivity contribution is -0.132. The van der Waals surface area contributed by atoms with E-state index >= 15 is 0 Å². The molecule has 1 aromatic heterocycles. The fraction of sp³-hybridized carbons (Fsp3) is 0.200. The van der Waals surface area contributed by atoms with Crippen LogP contribution >= 0.6 is 34.7 Å². The number of hydrogen-bond acceptors (Lipinski definition) is 8. The molecule has 0 bridgehead atoms. The summed E-state index contributed by atoms with van der Waals surface area (Å²) in [5.41, 5.74) is 1.55. The summed E-state index contributed by atoms with van der Waals surface area (Å²) in [6, 6.07) is 18.6. The van der Waals surface area contributed by atoms with Crippen LogP contribution in [0.1, 0.15) is 42.5 Å². The van der Waals surface area contributed by atoms with Gasteiger partial charge in [-0.3, -0.25) is 14.5 Å². The lowest BCUT2D eigenvalue weighted by Crippen LogP contribution is -2.29. The van der Waals surface area contributed by atoms with Gasteiger partial charge in [0.25, 0.3) is 5.78 Å². The van der Waals surface area contributed by atoms with Crippen LogP contribution in [0, 0.1) is 5.82 Å². The highest BCUT2D eigenvalue weighted by Crippen LogP contribution is 2.44. The fourth-order valence-corrected chi connectivity index (χ4v) is 6.48. The van der Waals surface area contributed by atoms with Crippen molar-refractivity contribution < 1.29 is 23.8 Å². The molecular weight excluding hydrogens is 585 g/mol. The van der Waals surface area contributed by atoms with Crippen molar-refractivity contribution in [1.82, 2.24) is 10.2 Å². The fourth-order valence-electron chi connectivity index (χ4n) is 4.33. The number of rotatable bonds is 10. The van der Waals surface area contributed by atoms with E-state index in [1.54, 1.807) is 24.3 Å². The van der Waals surface area contributed by atoms with Gasteiger partial charge in [0.1, 0.15) is 17.3 Å². The maximum Gasteiger partial charge on any atom is 0.301 e. The summed E-state index contributed by atoms with van der Waals surface area (Å²) < 4.78 is 20.0. The molecule has 1 fully saturated rings. The van der Waals surface area contributed by atoms with Gasteiger partial charge in [-0.25, -0.2) is 4.39 Å². The minimum Gasteiger partial charge on any atom is -0.507 e. The first kappa shape index (κ1) is 28.8. The highest BCUT2D eigenvalue weighted by atomic mass is 35.5. The Bertz CT molecular complexity index is 1610. The monoisotopic (exact) mass is 609 g/mol. The molecule has 2 heterocycles. The van der Waals surface area contributed by atoms with Gasteiger partial charge in [-0.1, -0.05) is 78.4 Å². The van der Waals surface area contributed by atoms with Crippen molar-refractivity contribution in [2.24, 2.45) is 0 Å². The van der Waals surface area contributed by atoms with Crippen molar-refractivity contribution in [3.8, 4) is 5.75 Å². The number of carbonyl (C=O) groups excluding carboxylic acids is 2. The number of anilines is 1. The molecule has 5 rings (SSSR count). The van der Waals surface area contributed by atoms with Crippen LogP contribution < -0.4 is 9.64 Å². The Morgan fingerprint density at radius 1 is 1.10 bits per heavy atom. The molecule has 1 aliphatic heterocycles. The molecule has 0 aliphatic carbocycles. The first-order valence-electron chi connectivity index (χ1n) is 12.9. The minimum atomic E-state index is -1.01. The number of aromatic nitrogens is 2. The molecule has 1 saturated heterocycles. The Morgan fingerprint density at radius 3 is 2.63 bits per heavy atom. The Hall–Kier alpha value is -3.73. The number of aliphatic hydroxyl groups excluding tert-OH is 1. The summed E-state index contributed by atoms with van der Waals surface area (Å²) in [5.74, 6) is -1.53. The number of aliphatic hydroxyl groups is 1. The highest BCUT2D eigenvalue weighted by molar-refractivity contribution is 8.00. The van der Waals surface area contributed by atoms with Crippen LogP contribution in [0.5, 0.6) is 5.75 Å². The largest absolute Gasteiger partial charge is 0.507 e. The maximum atomic E-state index is 13.6. The Labute approximate surface area is 249 Å². The van der Waals surface area contributed by atoms with Gasteiger partial charge >= 0.3 is 5.91 Å². The normalized spacial score (nSPS) is 16.4. The average Bonchev–Trinajstić information content (AvgIpc) is 3.55. The molecule has 0 radical (unpaired) electrons. The molecule has 1 unspecified atom stereocenters. The van der Waals surface area contributed by atoms with Crippen molar-refractivity contribution in [2.45, 2.75) is 35.9 Å². The van der Waals surface area contributed by atoms with Crippen molar-refractivity contribution in [3.63, 3.8) is 0 Å². The van der Waals surface area contributed by atoms with Crippen LogP contribution in [-0.4, -0.2) is 33.6 Å². The van der Waals surface area contributed by atoms with Gasteiger partial charge in [-0.15, -0.1) is 10.2 Å². The highest BCUT2D eigenvalue weighted by Gasteiger charge is 2.48. The molecule has 7 nitrogen and oxygen atoms in total. The number of unbranched alkanes of at least 4 members (excludes halogenated alkanes) is 1. The van der Waals surface area contributed by atoms with Gasteiger partial charge in [0, 0.05) is 16.3 Å². The minimum absolute atomic E-state index is 0.132. The van der Waals surface area contributed by atoms with Crippen molar-refractivity contribution >= 4 is 57.3 Å². The van der Waals surface area contributed by atoms with E-state index in [1.165, 1.54) is 40.9 Å². The molecule has 41 heavy (non-hydrogen) atoms. The van der Waals surface area contributed by atoms with Gasteiger partial charge < -0.3 is 9.84 Å². The van der Waals surface area contributed by atoms with Crippen LogP contribution in [0.2, 0.25) is 5.02 Å². The first-order valence-corrected chi connectivity index (χ1v) is 15.0. The van der Waals surface area contributed by atoms with Crippen LogP contribution in [-0.2, 0) is 15.3 Å². The zero-order valence-corrected chi connectivity index (χ0v) is 24.3. The van der Waals surface area contributed by atoms with Crippen molar-refractivity contribution in [2.75, 3.05) is 11.5 Å². The summed E-state index contributed by atoms with van der Waals surface area (Å²) in [6.07, 6.45) is 1.83. The number of ether oxygens (including phenoxy) is 1. The SMILES string of the molecule is CCCCOc1cccc(C2C(=C(O)c3ccc(F)cc3)C(=O)C(=O)N2c2nnc(SCc3ccccc3Cl)s2)c1. The number of Topliss-reactive ketones (excluding diaryl/α,β-unsaturated/α-hetero) is 1. The van der Waals surface area contributed by atoms with Gasteiger partial charge in [0.15, 0.2) is 4.34 Å². The second-order valence-electron chi connectivity index (χ2n) is 9.18. The number of hydrogen-bond donors (Lipinski definition) is 1. The number of carbonyl (C=O) groups is 2. The zero-order valence-electron chi connectivity index (χ0n) is 21.9. The number of thioether (sulfide) groups is 1. The Morgan fingerprint density at radius 2 is 1.88 bits per heavy atom. The van der Waals surface area contributed by atoms with Crippen molar-refractivity contribution in [1.29, 1.82) is 0 Å². The lowest BCUT2D eigenvalue weighted by atomic mass is 9.95. The molecule has 3 aromatic carbocycles. The van der Waals surface area contributed by atoms with E-state index in [0.717, 1.165) is 29.7 Å². The molecular formula is C30H25ClFN3O4S2. The summed E-state index contributed by atoms with van der Waals surface area (Å²) in [4.78, 5) is 28.2. The van der Waals surface area contributed by atoms with Crippen LogP contribution in [0.15, 0.2) is 82.7 Å². The predicted octanol–water partition coefficient (Wildman–Crippen LogP) is 7.43. The summed E-state index contributed by atoms with van der Waals surface area (Å²) in [7, 11) is 0. The van der Waals surface area contributed by atoms with Gasteiger partial charge in [0.2, 0.25) is 5.13 Å². The average molecular weight is 610 g/mol. The number of nitrogens with zero attached hydrogens (tertiary/aromatic N) is 3. The van der Waals surface area contributed by atoms with E-state index in [1.807, 2.05) is 24.3 Å². The van der Waals surface area contributed by atoms with Crippen molar-refractivity contribution in [3.05, 3.63) is 106 Å². The second-order valence-corrected chi connectivity index (χ2v) is 11.8. The third-order valence-electron chi connectivity index (χ3n) is 6.41. The van der Waals surface area contributed by atoms with Gasteiger partial charge in [0.05, 0.1) is 18.2 Å². The number of amides is 1. The standard InChI is InChI=1S/C30H25ClFN3O4S2/c1-2-3-15-39-22-9-6-8-19(16-22)25-24(26(36)18-11-13-21(32)14-12-18)27(37)28(38)35(25)29-33-34-30(41-29)40-17-20-7-4-5-10-23(20)31/h4-14,16,25,36H,2-3,15,17H2,1H3. The molecule has 0 spiro atoms. The summed E-state index contributed by atoms with van der Waals surface area (Å²) in [5, 5.41) is 20.6. The Balaban J connectivity index is 1.54. The Kier molecular flexibility index (Phi) is 9.02. The van der Waals surface area contributed by atoms with E-state index in [-0.39, 0.29) is 16.3 Å². The summed E-state index contributed by atoms with van der Waals surface area (Å²) in [6.45, 7) is 2.57. The van der Waals surface area contributed by atoms with Crippen LogP contribution in [0.4, 0.5) is 9.52 Å².